The molecule has 1 aromatic rings. The van der Waals surface area contributed by atoms with Crippen molar-refractivity contribution < 1.29 is 4.79 Å². The number of unbranched alkanes of at least 4 members (excludes halogenated alkanes) is 1. The van der Waals surface area contributed by atoms with Gasteiger partial charge in [0.1, 0.15) is 7.85 Å². The van der Waals surface area contributed by atoms with Crippen molar-refractivity contribution in [2.45, 2.75) is 19.8 Å². The topological polar surface area (TPSA) is 29.1 Å². The van der Waals surface area contributed by atoms with E-state index in [1.165, 1.54) is 0 Å². The fourth-order valence-corrected chi connectivity index (χ4v) is 1.24. The van der Waals surface area contributed by atoms with Gasteiger partial charge in [-0.1, -0.05) is 43.1 Å². The lowest BCUT2D eigenvalue weighted by Crippen LogP contribution is -2.16. The number of carbonyl (C=O) groups is 1. The van der Waals surface area contributed by atoms with E-state index >= 15 is 0 Å². The summed E-state index contributed by atoms with van der Waals surface area (Å²) in [5.41, 5.74) is 1.96. The first-order valence-corrected chi connectivity index (χ1v) is 5.27. The number of benzene rings is 1. The fourth-order valence-electron chi connectivity index (χ4n) is 1.24. The van der Waals surface area contributed by atoms with E-state index in [0.717, 1.165) is 24.0 Å². The van der Waals surface area contributed by atoms with Crippen LogP contribution in [0.25, 0.3) is 0 Å². The van der Waals surface area contributed by atoms with Crippen LogP contribution in [0.5, 0.6) is 0 Å². The Labute approximate surface area is 91.8 Å². The summed E-state index contributed by atoms with van der Waals surface area (Å²) in [5.74, 6) is -0.0576. The number of anilines is 1. The highest BCUT2D eigenvalue weighted by atomic mass is 16.1. The van der Waals surface area contributed by atoms with E-state index < -0.39 is 0 Å². The first-order valence-electron chi connectivity index (χ1n) is 5.27. The number of para-hydroxylation sites is 1. The van der Waals surface area contributed by atoms with Gasteiger partial charge in [0.15, 0.2) is 0 Å². The van der Waals surface area contributed by atoms with Crippen molar-refractivity contribution in [3.05, 3.63) is 36.4 Å². The Hall–Kier alpha value is -1.51. The van der Waals surface area contributed by atoms with E-state index in [2.05, 4.69) is 12.2 Å². The zero-order valence-electron chi connectivity index (χ0n) is 9.29. The number of carbonyl (C=O) groups excluding carboxylic acids is 1. The molecule has 15 heavy (non-hydrogen) atoms. The van der Waals surface area contributed by atoms with Crippen molar-refractivity contribution in [1.29, 1.82) is 0 Å². The summed E-state index contributed by atoms with van der Waals surface area (Å²) < 4.78 is 0. The number of amides is 1. The van der Waals surface area contributed by atoms with Gasteiger partial charge in [-0.3, -0.25) is 4.79 Å². The molecule has 1 rings (SSSR count). The molecular weight excluding hydrogens is 185 g/mol. The second-order valence-corrected chi connectivity index (χ2v) is 3.50. The molecule has 1 amide bonds. The Kier molecular flexibility index (Phi) is 4.68. The summed E-state index contributed by atoms with van der Waals surface area (Å²) in [6.07, 6.45) is 5.50. The fraction of sp³-hybridized carbons (Fsp3) is 0.250. The van der Waals surface area contributed by atoms with Gasteiger partial charge in [0, 0.05) is 5.69 Å². The number of allylic oxidation sites excluding steroid dienone is 1. The molecule has 0 unspecified atom stereocenters. The molecule has 78 valence electrons. The Balaban J connectivity index is 2.55. The highest BCUT2D eigenvalue weighted by Crippen LogP contribution is 2.01. The SMILES string of the molecule is Bc1ccccc1NC(=O)/C=C/CCC. The maximum Gasteiger partial charge on any atom is 0.248 e. The first-order chi connectivity index (χ1) is 7.24. The molecule has 0 atom stereocenters. The summed E-state index contributed by atoms with van der Waals surface area (Å²) in [4.78, 5) is 11.4. The van der Waals surface area contributed by atoms with Gasteiger partial charge in [-0.05, 0) is 18.6 Å². The maximum absolute atomic E-state index is 11.4. The minimum absolute atomic E-state index is 0.0576. The molecule has 0 heterocycles. The van der Waals surface area contributed by atoms with Crippen LogP contribution < -0.4 is 10.8 Å². The van der Waals surface area contributed by atoms with E-state index in [0.29, 0.717) is 0 Å². The van der Waals surface area contributed by atoms with Gasteiger partial charge in [-0.15, -0.1) is 0 Å². The summed E-state index contributed by atoms with van der Waals surface area (Å²) in [6.45, 7) is 2.09. The molecule has 0 saturated carbocycles. The van der Waals surface area contributed by atoms with Crippen LogP contribution in [-0.2, 0) is 4.79 Å². The van der Waals surface area contributed by atoms with E-state index in [1.807, 2.05) is 38.2 Å². The molecule has 0 aliphatic carbocycles. The highest BCUT2D eigenvalue weighted by Gasteiger charge is 1.99. The first kappa shape index (κ1) is 11.6. The molecule has 0 aliphatic heterocycles. The largest absolute Gasteiger partial charge is 0.323 e. The van der Waals surface area contributed by atoms with Crippen molar-refractivity contribution >= 4 is 24.9 Å². The second-order valence-electron chi connectivity index (χ2n) is 3.50. The third-order valence-corrected chi connectivity index (χ3v) is 2.13. The molecule has 2 nitrogen and oxygen atoms in total. The predicted molar refractivity (Wildman–Crippen MR) is 67.3 cm³/mol. The van der Waals surface area contributed by atoms with Gasteiger partial charge in [0.2, 0.25) is 5.91 Å². The van der Waals surface area contributed by atoms with Crippen LogP contribution in [-0.4, -0.2) is 13.8 Å². The van der Waals surface area contributed by atoms with E-state index in [-0.39, 0.29) is 5.91 Å². The van der Waals surface area contributed by atoms with E-state index in [4.69, 9.17) is 0 Å². The van der Waals surface area contributed by atoms with Crippen molar-refractivity contribution in [3.8, 4) is 0 Å². The van der Waals surface area contributed by atoms with Gasteiger partial charge >= 0.3 is 0 Å². The van der Waals surface area contributed by atoms with E-state index in [1.54, 1.807) is 6.08 Å². The average molecular weight is 201 g/mol. The van der Waals surface area contributed by atoms with Crippen LogP contribution in [0.4, 0.5) is 5.69 Å². The number of rotatable bonds is 4. The predicted octanol–water partition coefficient (Wildman–Crippen LogP) is 1.24. The molecule has 0 saturated heterocycles. The van der Waals surface area contributed by atoms with E-state index in [9.17, 15) is 4.79 Å². The van der Waals surface area contributed by atoms with Crippen LogP contribution in [0.1, 0.15) is 19.8 Å². The monoisotopic (exact) mass is 201 g/mol. The lowest BCUT2D eigenvalue weighted by atomic mass is 9.94. The lowest BCUT2D eigenvalue weighted by Gasteiger charge is -2.05. The Morgan fingerprint density at radius 3 is 2.87 bits per heavy atom. The quantitative estimate of drug-likeness (QED) is 0.576. The van der Waals surface area contributed by atoms with Crippen molar-refractivity contribution in [3.63, 3.8) is 0 Å². The number of hydrogen-bond acceptors (Lipinski definition) is 1. The molecule has 0 aliphatic rings. The molecule has 0 radical (unpaired) electrons. The van der Waals surface area contributed by atoms with Crippen LogP contribution in [0.2, 0.25) is 0 Å². The minimum atomic E-state index is -0.0576. The molecule has 0 bridgehead atoms. The Morgan fingerprint density at radius 2 is 2.20 bits per heavy atom. The lowest BCUT2D eigenvalue weighted by molar-refractivity contribution is -0.111. The number of hydrogen-bond donors (Lipinski definition) is 1. The van der Waals surface area contributed by atoms with Gasteiger partial charge in [-0.25, -0.2) is 0 Å². The molecule has 1 aromatic carbocycles. The van der Waals surface area contributed by atoms with Gasteiger partial charge < -0.3 is 5.32 Å². The molecular formula is C12H16BNO. The zero-order chi connectivity index (χ0) is 11.1. The van der Waals surface area contributed by atoms with Gasteiger partial charge in [-0.2, -0.15) is 0 Å². The Morgan fingerprint density at radius 1 is 1.47 bits per heavy atom. The molecule has 1 N–H and O–H groups in total. The third-order valence-electron chi connectivity index (χ3n) is 2.13. The van der Waals surface area contributed by atoms with Crippen LogP contribution in [0.3, 0.4) is 0 Å². The van der Waals surface area contributed by atoms with Crippen LogP contribution in [0, 0.1) is 0 Å². The molecule has 0 aromatic heterocycles. The van der Waals surface area contributed by atoms with Gasteiger partial charge in [0.05, 0.1) is 0 Å². The second kappa shape index (κ2) is 6.07. The van der Waals surface area contributed by atoms with Crippen LogP contribution >= 0.6 is 0 Å². The summed E-state index contributed by atoms with van der Waals surface area (Å²) >= 11 is 0. The molecule has 0 spiro atoms. The van der Waals surface area contributed by atoms with Gasteiger partial charge in [0.25, 0.3) is 0 Å². The van der Waals surface area contributed by atoms with Crippen molar-refractivity contribution in [2.24, 2.45) is 0 Å². The summed E-state index contributed by atoms with van der Waals surface area (Å²) in [5, 5.41) is 2.84. The third kappa shape index (κ3) is 4.02. The zero-order valence-corrected chi connectivity index (χ0v) is 9.29. The highest BCUT2D eigenvalue weighted by molar-refractivity contribution is 6.36. The molecule has 3 heteroatoms. The van der Waals surface area contributed by atoms with Crippen molar-refractivity contribution in [2.75, 3.05) is 5.32 Å². The normalized spacial score (nSPS) is 10.5. The standard InChI is InChI=1S/C12H16BNO/c1-2-3-4-9-12(15)14-11-8-6-5-7-10(11)13/h4-9H,2-3,13H2,1H3,(H,14,15)/b9-4+. The smallest absolute Gasteiger partial charge is 0.248 e. The van der Waals surface area contributed by atoms with Crippen LogP contribution in [0.15, 0.2) is 36.4 Å². The van der Waals surface area contributed by atoms with Crippen molar-refractivity contribution in [1.82, 2.24) is 0 Å². The minimum Gasteiger partial charge on any atom is -0.323 e. The maximum atomic E-state index is 11.4. The Bertz CT molecular complexity index is 360. The molecule has 0 fully saturated rings. The summed E-state index contributed by atoms with van der Waals surface area (Å²) in [6, 6.07) is 7.75. The number of nitrogens with one attached hydrogen (secondary N) is 1. The summed E-state index contributed by atoms with van der Waals surface area (Å²) in [7, 11) is 1.98. The average Bonchev–Trinajstić information content (AvgIpc) is 2.22.